The molecule has 0 saturated carbocycles. The first-order valence-electron chi connectivity index (χ1n) is 5.68. The van der Waals surface area contributed by atoms with Gasteiger partial charge in [-0.3, -0.25) is 0 Å². The summed E-state index contributed by atoms with van der Waals surface area (Å²) in [6, 6.07) is 17.8. The molecule has 17 heavy (non-hydrogen) atoms. The zero-order valence-electron chi connectivity index (χ0n) is 9.67. The van der Waals surface area contributed by atoms with Gasteiger partial charge >= 0.3 is 0 Å². The third kappa shape index (κ3) is 3.22. The Bertz CT molecular complexity index is 486. The molecule has 1 radical (unpaired) electrons. The molecule has 0 heterocycles. The molecule has 0 atom stereocenters. The quantitative estimate of drug-likeness (QED) is 0.729. The largest absolute Gasteiger partial charge is 0.457 e. The fourth-order valence-electron chi connectivity index (χ4n) is 1.54. The van der Waals surface area contributed by atoms with E-state index in [-0.39, 0.29) is 0 Å². The lowest BCUT2D eigenvalue weighted by atomic mass is 10.2. The van der Waals surface area contributed by atoms with E-state index < -0.39 is 0 Å². The minimum absolute atomic E-state index is 0.777. The number of benzene rings is 2. The SMILES string of the molecule is [CH2]CC=Cc1ccccc1Oc1ccccc1. The van der Waals surface area contributed by atoms with Crippen molar-refractivity contribution in [2.75, 3.05) is 0 Å². The summed E-state index contributed by atoms with van der Waals surface area (Å²) in [6.45, 7) is 3.79. The van der Waals surface area contributed by atoms with Crippen molar-refractivity contribution in [1.82, 2.24) is 0 Å². The molecule has 0 fully saturated rings. The van der Waals surface area contributed by atoms with E-state index in [0.717, 1.165) is 23.5 Å². The Morgan fingerprint density at radius 3 is 2.41 bits per heavy atom. The summed E-state index contributed by atoms with van der Waals surface area (Å²) in [5.41, 5.74) is 1.07. The minimum atomic E-state index is 0.777. The van der Waals surface area contributed by atoms with Crippen LogP contribution in [0.25, 0.3) is 6.08 Å². The molecule has 2 aromatic carbocycles. The van der Waals surface area contributed by atoms with Crippen LogP contribution < -0.4 is 4.74 Å². The van der Waals surface area contributed by atoms with Crippen LogP contribution >= 0.6 is 0 Å². The Kier molecular flexibility index (Phi) is 3.98. The molecule has 0 aliphatic rings. The Morgan fingerprint density at radius 1 is 0.941 bits per heavy atom. The van der Waals surface area contributed by atoms with Crippen molar-refractivity contribution in [3.8, 4) is 11.5 Å². The third-order valence-electron chi connectivity index (χ3n) is 2.35. The van der Waals surface area contributed by atoms with Crippen molar-refractivity contribution in [2.24, 2.45) is 0 Å². The van der Waals surface area contributed by atoms with Gasteiger partial charge in [-0.05, 0) is 31.5 Å². The maximum atomic E-state index is 5.83. The fraction of sp³-hybridized carbons (Fsp3) is 0.0625. The number of hydrogen-bond donors (Lipinski definition) is 0. The normalized spacial score (nSPS) is 10.6. The van der Waals surface area contributed by atoms with Crippen LogP contribution in [0.5, 0.6) is 11.5 Å². The van der Waals surface area contributed by atoms with Crippen molar-refractivity contribution in [2.45, 2.75) is 6.42 Å². The lowest BCUT2D eigenvalue weighted by Gasteiger charge is -2.08. The van der Waals surface area contributed by atoms with Crippen LogP contribution in [0.4, 0.5) is 0 Å². The number of hydrogen-bond acceptors (Lipinski definition) is 1. The monoisotopic (exact) mass is 223 g/mol. The van der Waals surface area contributed by atoms with E-state index in [1.807, 2.05) is 66.7 Å². The van der Waals surface area contributed by atoms with E-state index >= 15 is 0 Å². The molecule has 0 bridgehead atoms. The summed E-state index contributed by atoms with van der Waals surface area (Å²) in [6.07, 6.45) is 4.83. The highest BCUT2D eigenvalue weighted by atomic mass is 16.5. The maximum absolute atomic E-state index is 5.83. The first kappa shape index (κ1) is 11.5. The van der Waals surface area contributed by atoms with Crippen LogP contribution in [-0.2, 0) is 0 Å². The van der Waals surface area contributed by atoms with Crippen molar-refractivity contribution in [3.63, 3.8) is 0 Å². The van der Waals surface area contributed by atoms with Crippen LogP contribution in [0.3, 0.4) is 0 Å². The molecular weight excluding hydrogens is 208 g/mol. The van der Waals surface area contributed by atoms with Gasteiger partial charge in [0.2, 0.25) is 0 Å². The average Bonchev–Trinajstić information content (AvgIpc) is 2.39. The molecule has 0 unspecified atom stereocenters. The van der Waals surface area contributed by atoms with Crippen LogP contribution in [0.15, 0.2) is 60.7 Å². The molecule has 1 nitrogen and oxygen atoms in total. The van der Waals surface area contributed by atoms with Crippen LogP contribution in [0.1, 0.15) is 12.0 Å². The van der Waals surface area contributed by atoms with E-state index in [0.29, 0.717) is 0 Å². The molecule has 85 valence electrons. The number of para-hydroxylation sites is 2. The van der Waals surface area contributed by atoms with Crippen LogP contribution in [-0.4, -0.2) is 0 Å². The van der Waals surface area contributed by atoms with Crippen molar-refractivity contribution >= 4 is 6.08 Å². The second-order valence-electron chi connectivity index (χ2n) is 3.64. The fourth-order valence-corrected chi connectivity index (χ4v) is 1.54. The highest BCUT2D eigenvalue weighted by molar-refractivity contribution is 5.58. The number of ether oxygens (including phenoxy) is 1. The molecule has 2 aromatic rings. The van der Waals surface area contributed by atoms with Gasteiger partial charge in [-0.2, -0.15) is 0 Å². The van der Waals surface area contributed by atoms with Gasteiger partial charge in [-0.1, -0.05) is 48.6 Å². The van der Waals surface area contributed by atoms with E-state index in [2.05, 4.69) is 6.92 Å². The summed E-state index contributed by atoms with van der Waals surface area (Å²) >= 11 is 0. The van der Waals surface area contributed by atoms with Gasteiger partial charge in [-0.25, -0.2) is 0 Å². The standard InChI is InChI=1S/C16H15O/c1-2-3-9-14-10-7-8-13-16(14)17-15-11-5-4-6-12-15/h3-13H,1-2H2. The van der Waals surface area contributed by atoms with E-state index in [1.165, 1.54) is 0 Å². The van der Waals surface area contributed by atoms with Crippen molar-refractivity contribution < 1.29 is 4.74 Å². The molecule has 0 aromatic heterocycles. The molecule has 0 saturated heterocycles. The van der Waals surface area contributed by atoms with E-state index in [9.17, 15) is 0 Å². The highest BCUT2D eigenvalue weighted by Crippen LogP contribution is 2.25. The number of rotatable bonds is 4. The third-order valence-corrected chi connectivity index (χ3v) is 2.35. The average molecular weight is 223 g/mol. The first-order valence-corrected chi connectivity index (χ1v) is 5.68. The summed E-state index contributed by atoms with van der Waals surface area (Å²) in [5.74, 6) is 1.71. The zero-order chi connectivity index (χ0) is 11.9. The summed E-state index contributed by atoms with van der Waals surface area (Å²) in [7, 11) is 0. The maximum Gasteiger partial charge on any atom is 0.134 e. The Hall–Kier alpha value is -2.02. The van der Waals surface area contributed by atoms with E-state index in [1.54, 1.807) is 0 Å². The van der Waals surface area contributed by atoms with E-state index in [4.69, 9.17) is 4.74 Å². The Balaban J connectivity index is 2.23. The number of allylic oxidation sites excluding steroid dienone is 1. The predicted molar refractivity (Wildman–Crippen MR) is 72.0 cm³/mol. The predicted octanol–water partition coefficient (Wildman–Crippen LogP) is 4.72. The van der Waals surface area contributed by atoms with Crippen molar-refractivity contribution in [3.05, 3.63) is 73.2 Å². The van der Waals surface area contributed by atoms with Gasteiger partial charge < -0.3 is 4.74 Å². The van der Waals surface area contributed by atoms with Gasteiger partial charge in [0.05, 0.1) is 0 Å². The highest BCUT2D eigenvalue weighted by Gasteiger charge is 2.00. The molecule has 0 spiro atoms. The van der Waals surface area contributed by atoms with Crippen molar-refractivity contribution in [1.29, 1.82) is 0 Å². The van der Waals surface area contributed by atoms with Gasteiger partial charge in [0.25, 0.3) is 0 Å². The molecule has 0 aliphatic carbocycles. The van der Waals surface area contributed by atoms with Gasteiger partial charge in [-0.15, -0.1) is 0 Å². The molecule has 0 aliphatic heterocycles. The molecule has 0 N–H and O–H groups in total. The Morgan fingerprint density at radius 2 is 1.65 bits per heavy atom. The lowest BCUT2D eigenvalue weighted by Crippen LogP contribution is -1.86. The summed E-state index contributed by atoms with van der Waals surface area (Å²) in [4.78, 5) is 0. The first-order chi connectivity index (χ1) is 8.40. The molecule has 0 amide bonds. The van der Waals surface area contributed by atoms with Crippen LogP contribution in [0.2, 0.25) is 0 Å². The minimum Gasteiger partial charge on any atom is -0.457 e. The van der Waals surface area contributed by atoms with Gasteiger partial charge in [0, 0.05) is 5.56 Å². The molecule has 2 rings (SSSR count). The van der Waals surface area contributed by atoms with Crippen LogP contribution in [0, 0.1) is 6.92 Å². The second kappa shape index (κ2) is 5.90. The van der Waals surface area contributed by atoms with Gasteiger partial charge in [0.15, 0.2) is 0 Å². The lowest BCUT2D eigenvalue weighted by molar-refractivity contribution is 0.481. The smallest absolute Gasteiger partial charge is 0.134 e. The zero-order valence-corrected chi connectivity index (χ0v) is 9.67. The molecular formula is C16H15O. The topological polar surface area (TPSA) is 9.23 Å². The van der Waals surface area contributed by atoms with Gasteiger partial charge in [0.1, 0.15) is 11.5 Å². The summed E-state index contributed by atoms with van der Waals surface area (Å²) < 4.78 is 5.83. The summed E-state index contributed by atoms with van der Waals surface area (Å²) in [5, 5.41) is 0. The molecule has 1 heteroatoms. The Labute approximate surface area is 102 Å². The second-order valence-corrected chi connectivity index (χ2v) is 3.64.